The van der Waals surface area contributed by atoms with Gasteiger partial charge in [0.05, 0.1) is 0 Å². The molecule has 0 spiro atoms. The van der Waals surface area contributed by atoms with Crippen LogP contribution in [0, 0.1) is 5.92 Å². The second-order valence-corrected chi connectivity index (χ2v) is 8.42. The van der Waals surface area contributed by atoms with Crippen LogP contribution in [0.5, 0.6) is 0 Å². The van der Waals surface area contributed by atoms with Gasteiger partial charge in [0.15, 0.2) is 0 Å². The van der Waals surface area contributed by atoms with E-state index in [-0.39, 0.29) is 5.92 Å². The summed E-state index contributed by atoms with van der Waals surface area (Å²) < 4.78 is 2.08. The van der Waals surface area contributed by atoms with Crippen LogP contribution in [0.25, 0.3) is 0 Å². The number of hydrogen-bond donors (Lipinski definition) is 1. The number of nitrogens with zero attached hydrogens (tertiary/aromatic N) is 2. The molecule has 2 rings (SSSR count). The van der Waals surface area contributed by atoms with Gasteiger partial charge in [0.1, 0.15) is 5.78 Å². The van der Waals surface area contributed by atoms with Gasteiger partial charge in [-0.1, -0.05) is 57.9 Å². The highest BCUT2D eigenvalue weighted by Gasteiger charge is 2.21. The molecule has 0 amide bonds. The predicted molar refractivity (Wildman–Crippen MR) is 109 cm³/mol. The molecule has 0 aromatic heterocycles. The van der Waals surface area contributed by atoms with Crippen LogP contribution >= 0.6 is 12.8 Å². The number of carbonyl (C=O) groups is 1. The molecule has 1 fully saturated rings. The van der Waals surface area contributed by atoms with Crippen LogP contribution in [-0.2, 0) is 11.2 Å². The molecule has 1 aliphatic rings. The number of rotatable bonds is 8. The fourth-order valence-corrected chi connectivity index (χ4v) is 3.56. The third-order valence-corrected chi connectivity index (χ3v) is 5.91. The Morgan fingerprint density at radius 3 is 2.16 bits per heavy atom. The third-order valence-electron chi connectivity index (χ3n) is 5.51. The molecule has 0 radical (unpaired) electrons. The molecular weight excluding hydrogens is 328 g/mol. The van der Waals surface area contributed by atoms with Gasteiger partial charge >= 0.3 is 0 Å². The van der Waals surface area contributed by atoms with Crippen molar-refractivity contribution < 1.29 is 4.79 Å². The van der Waals surface area contributed by atoms with Crippen molar-refractivity contribution in [2.75, 3.05) is 26.2 Å². The van der Waals surface area contributed by atoms with Crippen molar-refractivity contribution in [2.45, 2.75) is 58.9 Å². The highest BCUT2D eigenvalue weighted by atomic mass is 32.1. The molecule has 25 heavy (non-hydrogen) atoms. The van der Waals surface area contributed by atoms with Gasteiger partial charge in [-0.25, -0.2) is 0 Å². The fourth-order valence-electron chi connectivity index (χ4n) is 3.38. The number of carbonyl (C=O) groups excluding carboxylic acids is 1. The quantitative estimate of drug-likeness (QED) is 0.702. The van der Waals surface area contributed by atoms with Crippen LogP contribution in [0.1, 0.15) is 57.6 Å². The topological polar surface area (TPSA) is 23.6 Å². The van der Waals surface area contributed by atoms with Crippen molar-refractivity contribution in [3.63, 3.8) is 0 Å². The van der Waals surface area contributed by atoms with E-state index in [1.807, 2.05) is 0 Å². The Bertz CT molecular complexity index is 535. The lowest BCUT2D eigenvalue weighted by Crippen LogP contribution is -2.46. The maximum absolute atomic E-state index is 12.5. The van der Waals surface area contributed by atoms with E-state index in [2.05, 4.69) is 74.0 Å². The number of benzene rings is 1. The molecule has 0 bridgehead atoms. The largest absolute Gasteiger partial charge is 0.299 e. The zero-order valence-electron chi connectivity index (χ0n) is 16.2. The first-order valence-corrected chi connectivity index (χ1v) is 10.1. The van der Waals surface area contributed by atoms with Gasteiger partial charge in [0, 0.05) is 44.6 Å². The Labute approximate surface area is 159 Å². The van der Waals surface area contributed by atoms with Crippen LogP contribution < -0.4 is 0 Å². The van der Waals surface area contributed by atoms with Crippen molar-refractivity contribution in [2.24, 2.45) is 5.92 Å². The molecule has 0 N–H and O–H groups in total. The lowest BCUT2D eigenvalue weighted by Gasteiger charge is -2.36. The molecule has 140 valence electrons. The van der Waals surface area contributed by atoms with Gasteiger partial charge in [0.25, 0.3) is 0 Å². The Kier molecular flexibility index (Phi) is 7.98. The Morgan fingerprint density at radius 1 is 1.00 bits per heavy atom. The highest BCUT2D eigenvalue weighted by Crippen LogP contribution is 2.19. The average molecular weight is 363 g/mol. The van der Waals surface area contributed by atoms with E-state index < -0.39 is 0 Å². The van der Waals surface area contributed by atoms with E-state index in [1.54, 1.807) is 0 Å². The molecule has 1 saturated heterocycles. The van der Waals surface area contributed by atoms with E-state index in [0.717, 1.165) is 44.6 Å². The monoisotopic (exact) mass is 362 g/mol. The van der Waals surface area contributed by atoms with Crippen LogP contribution in [0.3, 0.4) is 0 Å². The third kappa shape index (κ3) is 6.43. The van der Waals surface area contributed by atoms with Crippen LogP contribution in [0.4, 0.5) is 0 Å². The molecule has 2 atom stereocenters. The van der Waals surface area contributed by atoms with E-state index in [1.165, 1.54) is 5.56 Å². The van der Waals surface area contributed by atoms with Crippen molar-refractivity contribution in [3.05, 3.63) is 35.4 Å². The summed E-state index contributed by atoms with van der Waals surface area (Å²) in [6.45, 7) is 13.0. The first-order valence-electron chi connectivity index (χ1n) is 9.66. The zero-order chi connectivity index (χ0) is 18.4. The van der Waals surface area contributed by atoms with Gasteiger partial charge in [-0.3, -0.25) is 14.0 Å². The number of thiol groups is 1. The summed E-state index contributed by atoms with van der Waals surface area (Å²) in [6, 6.07) is 9.07. The molecule has 1 aliphatic heterocycles. The first kappa shape index (κ1) is 20.5. The number of hydrogen-bond acceptors (Lipinski definition) is 4. The minimum Gasteiger partial charge on any atom is -0.299 e. The normalized spacial score (nSPS) is 19.1. The molecule has 1 aromatic carbocycles. The molecule has 0 aliphatic carbocycles. The molecule has 1 heterocycles. The van der Waals surface area contributed by atoms with Gasteiger partial charge < -0.3 is 0 Å². The average Bonchev–Trinajstić information content (AvgIpc) is 2.60. The summed E-state index contributed by atoms with van der Waals surface area (Å²) in [5.74, 6) is 1.04. The summed E-state index contributed by atoms with van der Waals surface area (Å²) in [7, 11) is 0. The standard InChI is InChI=1S/C21H34N2OS/c1-16(2)20-9-7-19(8-10-20)15-21(24)17(3)5-6-18(4)22-11-13-23(25)14-12-22/h7-10,16-18,25H,5-6,11-15H2,1-4H3. The minimum atomic E-state index is 0.137. The van der Waals surface area contributed by atoms with Gasteiger partial charge in [0.2, 0.25) is 0 Å². The molecule has 0 saturated carbocycles. The van der Waals surface area contributed by atoms with Crippen molar-refractivity contribution >= 4 is 18.6 Å². The second kappa shape index (κ2) is 9.75. The van der Waals surface area contributed by atoms with E-state index in [4.69, 9.17) is 0 Å². The van der Waals surface area contributed by atoms with E-state index in [0.29, 0.717) is 24.2 Å². The van der Waals surface area contributed by atoms with E-state index >= 15 is 0 Å². The van der Waals surface area contributed by atoms with Crippen LogP contribution in [-0.4, -0.2) is 47.2 Å². The Balaban J connectivity index is 1.76. The predicted octanol–water partition coefficient (Wildman–Crippen LogP) is 4.19. The van der Waals surface area contributed by atoms with Crippen molar-refractivity contribution in [3.8, 4) is 0 Å². The van der Waals surface area contributed by atoms with Crippen molar-refractivity contribution in [1.29, 1.82) is 0 Å². The maximum atomic E-state index is 12.5. The van der Waals surface area contributed by atoms with Gasteiger partial charge in [-0.2, -0.15) is 0 Å². The number of piperazine rings is 1. The van der Waals surface area contributed by atoms with Crippen LogP contribution in [0.15, 0.2) is 24.3 Å². The fraction of sp³-hybridized carbons (Fsp3) is 0.667. The molecule has 2 unspecified atom stereocenters. The first-order chi connectivity index (χ1) is 11.9. The second-order valence-electron chi connectivity index (χ2n) is 7.86. The number of Topliss-reactive ketones (excluding diaryl/α,β-unsaturated/α-hetero) is 1. The van der Waals surface area contributed by atoms with Crippen molar-refractivity contribution in [1.82, 2.24) is 9.21 Å². The molecular formula is C21H34N2OS. The van der Waals surface area contributed by atoms with E-state index in [9.17, 15) is 4.79 Å². The Hall–Kier alpha value is -0.840. The summed E-state index contributed by atoms with van der Waals surface area (Å²) >= 11 is 4.41. The number of ketones is 1. The van der Waals surface area contributed by atoms with Crippen LogP contribution in [0.2, 0.25) is 0 Å². The minimum absolute atomic E-state index is 0.137. The smallest absolute Gasteiger partial charge is 0.140 e. The lowest BCUT2D eigenvalue weighted by molar-refractivity contribution is -0.122. The molecule has 3 nitrogen and oxygen atoms in total. The summed E-state index contributed by atoms with van der Waals surface area (Å²) in [5.41, 5.74) is 2.47. The summed E-state index contributed by atoms with van der Waals surface area (Å²) in [4.78, 5) is 15.1. The SMILES string of the molecule is CC(CCC(C)N1CCN(S)CC1)C(=O)Cc1ccc(C(C)C)cc1. The van der Waals surface area contributed by atoms with Gasteiger partial charge in [-0.15, -0.1) is 0 Å². The Morgan fingerprint density at radius 2 is 1.60 bits per heavy atom. The zero-order valence-corrected chi connectivity index (χ0v) is 17.1. The van der Waals surface area contributed by atoms with Gasteiger partial charge in [-0.05, 0) is 36.8 Å². The lowest BCUT2D eigenvalue weighted by atomic mass is 9.92. The maximum Gasteiger partial charge on any atom is 0.140 e. The highest BCUT2D eigenvalue weighted by molar-refractivity contribution is 7.77. The molecule has 4 heteroatoms. The summed E-state index contributed by atoms with van der Waals surface area (Å²) in [6.07, 6.45) is 2.63. The summed E-state index contributed by atoms with van der Waals surface area (Å²) in [5, 5.41) is 0. The molecule has 1 aromatic rings.